The second-order valence-electron chi connectivity index (χ2n) is 14.4. The number of hydrogen-bond donors (Lipinski definition) is 0. The van der Waals surface area contributed by atoms with E-state index in [0.717, 1.165) is 36.0 Å². The molecule has 0 N–H and O–H groups in total. The van der Waals surface area contributed by atoms with Crippen LogP contribution in [0.15, 0.2) is 35.5 Å². The average molecular weight is 499 g/mol. The molecule has 7 atom stereocenters. The lowest BCUT2D eigenvalue weighted by Crippen LogP contribution is -2.44. The number of hydrogen-bond acceptors (Lipinski definition) is 1. The summed E-state index contributed by atoms with van der Waals surface area (Å²) in [6, 6.07) is 0. The molecule has 3 saturated carbocycles. The maximum atomic E-state index is 6.85. The van der Waals surface area contributed by atoms with E-state index in [-0.39, 0.29) is 5.04 Å². The van der Waals surface area contributed by atoms with E-state index in [1.165, 1.54) is 44.9 Å². The van der Waals surface area contributed by atoms with E-state index in [9.17, 15) is 0 Å². The Morgan fingerprint density at radius 1 is 0.886 bits per heavy atom. The zero-order chi connectivity index (χ0) is 26.0. The van der Waals surface area contributed by atoms with Gasteiger partial charge in [-0.25, -0.2) is 0 Å². The lowest BCUT2D eigenvalue weighted by Gasteiger charge is -2.41. The van der Waals surface area contributed by atoms with Crippen molar-refractivity contribution in [1.82, 2.24) is 0 Å². The fourth-order valence-corrected chi connectivity index (χ4v) is 7.99. The normalized spacial score (nSPS) is 34.7. The van der Waals surface area contributed by atoms with Gasteiger partial charge >= 0.3 is 0 Å². The Labute approximate surface area is 220 Å². The zero-order valence-corrected chi connectivity index (χ0v) is 26.0. The third-order valence-electron chi connectivity index (χ3n) is 10.6. The van der Waals surface area contributed by atoms with Crippen LogP contribution in [0.5, 0.6) is 0 Å². The molecule has 0 aromatic rings. The van der Waals surface area contributed by atoms with Gasteiger partial charge < -0.3 is 4.43 Å². The molecule has 0 aromatic carbocycles. The van der Waals surface area contributed by atoms with Gasteiger partial charge in [0.25, 0.3) is 0 Å². The summed E-state index contributed by atoms with van der Waals surface area (Å²) in [4.78, 5) is 0. The van der Waals surface area contributed by atoms with Crippen LogP contribution in [0.2, 0.25) is 18.1 Å². The highest BCUT2D eigenvalue weighted by molar-refractivity contribution is 6.74. The van der Waals surface area contributed by atoms with Crippen molar-refractivity contribution in [2.75, 3.05) is 0 Å². The van der Waals surface area contributed by atoms with Gasteiger partial charge in [-0.15, -0.1) is 0 Å². The molecule has 0 saturated heterocycles. The molecule has 0 aliphatic heterocycles. The Bertz CT molecular complexity index is 779. The first-order chi connectivity index (χ1) is 16.3. The smallest absolute Gasteiger partial charge is 0.192 e. The third-order valence-corrected chi connectivity index (χ3v) is 15.1. The van der Waals surface area contributed by atoms with Crippen LogP contribution in [-0.2, 0) is 4.43 Å². The molecule has 0 bridgehead atoms. The van der Waals surface area contributed by atoms with Crippen LogP contribution in [0.4, 0.5) is 0 Å². The molecule has 2 heteroatoms. The molecular formula is C33H58OSi. The lowest BCUT2D eigenvalue weighted by atomic mass is 9.71. The summed E-state index contributed by atoms with van der Waals surface area (Å²) in [6.45, 7) is 23.9. The van der Waals surface area contributed by atoms with Crippen LogP contribution in [0.1, 0.15) is 107 Å². The molecular weight excluding hydrogens is 440 g/mol. The summed E-state index contributed by atoms with van der Waals surface area (Å²) in [7, 11) is -1.70. The van der Waals surface area contributed by atoms with Crippen molar-refractivity contribution < 1.29 is 4.43 Å². The first-order valence-electron chi connectivity index (χ1n) is 15.1. The molecule has 0 radical (unpaired) electrons. The van der Waals surface area contributed by atoms with Gasteiger partial charge in [0.2, 0.25) is 0 Å². The van der Waals surface area contributed by atoms with E-state index in [1.54, 1.807) is 11.1 Å². The minimum atomic E-state index is -1.70. The monoisotopic (exact) mass is 498 g/mol. The summed E-state index contributed by atoms with van der Waals surface area (Å²) >= 11 is 0. The Hall–Kier alpha value is -0.603. The number of allylic oxidation sites excluding steroid dienone is 5. The maximum absolute atomic E-state index is 6.85. The Morgan fingerprint density at radius 2 is 1.57 bits per heavy atom. The van der Waals surface area contributed by atoms with Crippen LogP contribution in [0.3, 0.4) is 0 Å². The lowest BCUT2D eigenvalue weighted by molar-refractivity contribution is 0.145. The molecule has 3 aliphatic carbocycles. The largest absolute Gasteiger partial charge is 0.414 e. The molecule has 1 unspecified atom stereocenters. The standard InChI is InChI=1S/C33H58OSi/c1-23(2)24(3)14-15-26(5)30-20-21-31-27(12-11-13-32(30)31)17-18-28-22-29(19-16-25(28)4)34-35(9,10)33(6,7)8/h14-15,17-18,23-26,29-32H,11-13,16,19-22H2,1-10H3/b15-14+,27-17+,28-18+/t24-,25-,26+,29-,30+,31-,32?/m0/s1. The third kappa shape index (κ3) is 7.25. The van der Waals surface area contributed by atoms with Crippen molar-refractivity contribution in [2.24, 2.45) is 41.4 Å². The molecule has 35 heavy (non-hydrogen) atoms. The Kier molecular flexibility index (Phi) is 9.80. The van der Waals surface area contributed by atoms with Gasteiger partial charge in [0.15, 0.2) is 8.32 Å². The van der Waals surface area contributed by atoms with Crippen molar-refractivity contribution in [2.45, 2.75) is 131 Å². The van der Waals surface area contributed by atoms with E-state index in [4.69, 9.17) is 4.43 Å². The van der Waals surface area contributed by atoms with Gasteiger partial charge in [0, 0.05) is 6.10 Å². The van der Waals surface area contributed by atoms with E-state index in [0.29, 0.717) is 17.9 Å². The predicted molar refractivity (Wildman–Crippen MR) is 157 cm³/mol. The molecule has 0 heterocycles. The van der Waals surface area contributed by atoms with E-state index in [1.807, 2.05) is 0 Å². The van der Waals surface area contributed by atoms with Gasteiger partial charge in [0.1, 0.15) is 0 Å². The van der Waals surface area contributed by atoms with Gasteiger partial charge in [-0.3, -0.25) is 0 Å². The zero-order valence-electron chi connectivity index (χ0n) is 25.0. The van der Waals surface area contributed by atoms with Crippen LogP contribution in [0, 0.1) is 41.4 Å². The Balaban J connectivity index is 1.67. The second-order valence-corrected chi connectivity index (χ2v) is 19.2. The molecule has 3 aliphatic rings. The topological polar surface area (TPSA) is 9.23 Å². The molecule has 0 aromatic heterocycles. The molecule has 3 fully saturated rings. The highest BCUT2D eigenvalue weighted by Gasteiger charge is 2.42. The van der Waals surface area contributed by atoms with E-state index in [2.05, 4.69) is 92.8 Å². The highest BCUT2D eigenvalue weighted by atomic mass is 28.4. The van der Waals surface area contributed by atoms with Crippen LogP contribution < -0.4 is 0 Å². The molecule has 0 amide bonds. The van der Waals surface area contributed by atoms with Gasteiger partial charge in [-0.1, -0.05) is 90.8 Å². The summed E-state index contributed by atoms with van der Waals surface area (Å²) in [6.07, 6.45) is 21.3. The summed E-state index contributed by atoms with van der Waals surface area (Å²) in [5.41, 5.74) is 3.41. The van der Waals surface area contributed by atoms with Crippen molar-refractivity contribution in [3.63, 3.8) is 0 Å². The van der Waals surface area contributed by atoms with Crippen molar-refractivity contribution in [3.05, 3.63) is 35.5 Å². The summed E-state index contributed by atoms with van der Waals surface area (Å²) in [5, 5.41) is 0.289. The van der Waals surface area contributed by atoms with Crippen LogP contribution in [0.25, 0.3) is 0 Å². The van der Waals surface area contributed by atoms with Gasteiger partial charge in [-0.2, -0.15) is 0 Å². The molecule has 3 rings (SSSR count). The van der Waals surface area contributed by atoms with Gasteiger partial charge in [-0.05, 0) is 111 Å². The summed E-state index contributed by atoms with van der Waals surface area (Å²) in [5.74, 6) is 5.46. The van der Waals surface area contributed by atoms with E-state index < -0.39 is 8.32 Å². The van der Waals surface area contributed by atoms with Crippen LogP contribution >= 0.6 is 0 Å². The van der Waals surface area contributed by atoms with Crippen molar-refractivity contribution >= 4 is 8.32 Å². The Morgan fingerprint density at radius 3 is 2.23 bits per heavy atom. The fourth-order valence-electron chi connectivity index (χ4n) is 6.60. The first kappa shape index (κ1) is 29.0. The van der Waals surface area contributed by atoms with Crippen LogP contribution in [-0.4, -0.2) is 14.4 Å². The molecule has 0 spiro atoms. The van der Waals surface area contributed by atoms with Crippen molar-refractivity contribution in [3.8, 4) is 0 Å². The van der Waals surface area contributed by atoms with E-state index >= 15 is 0 Å². The average Bonchev–Trinajstić information content (AvgIpc) is 3.21. The highest BCUT2D eigenvalue weighted by Crippen LogP contribution is 2.51. The van der Waals surface area contributed by atoms with Gasteiger partial charge in [0.05, 0.1) is 0 Å². The number of rotatable bonds is 7. The fraction of sp³-hybridized carbons (Fsp3) is 0.818. The minimum Gasteiger partial charge on any atom is -0.414 e. The number of fused-ring (bicyclic) bond motifs is 1. The summed E-state index contributed by atoms with van der Waals surface area (Å²) < 4.78 is 6.85. The molecule has 1 nitrogen and oxygen atoms in total. The quantitative estimate of drug-likeness (QED) is 0.250. The molecule has 200 valence electrons. The second kappa shape index (κ2) is 11.8. The van der Waals surface area contributed by atoms with Crippen molar-refractivity contribution in [1.29, 1.82) is 0 Å². The first-order valence-corrected chi connectivity index (χ1v) is 18.0. The predicted octanol–water partition coefficient (Wildman–Crippen LogP) is 10.4. The SMILES string of the molecule is CC(C)[C@@H](C)/C=C/[C@@H](C)[C@H]1CC[C@H]2/C(=C/C=C3\C[C@@H](O[Si](C)(C)C(C)(C)C)CC[C@@H]3C)CCCC21. The maximum Gasteiger partial charge on any atom is 0.192 e. The minimum absolute atomic E-state index is 0.289.